The van der Waals surface area contributed by atoms with Crippen molar-refractivity contribution in [1.82, 2.24) is 14.5 Å². The molecule has 6 nitrogen and oxygen atoms in total. The van der Waals surface area contributed by atoms with Gasteiger partial charge in [0.2, 0.25) is 0 Å². The molecule has 0 spiro atoms. The maximum absolute atomic E-state index is 13.1. The molecule has 3 heterocycles. The van der Waals surface area contributed by atoms with Crippen LogP contribution in [0.3, 0.4) is 0 Å². The number of pyridine rings is 1. The fourth-order valence-corrected chi connectivity index (χ4v) is 5.90. The third kappa shape index (κ3) is 4.71. The zero-order valence-electron chi connectivity index (χ0n) is 18.5. The van der Waals surface area contributed by atoms with Crippen molar-refractivity contribution in [2.45, 2.75) is 43.6 Å². The fourth-order valence-electron chi connectivity index (χ4n) is 4.76. The van der Waals surface area contributed by atoms with Crippen molar-refractivity contribution < 1.29 is 18.3 Å². The predicted octanol–water partition coefficient (Wildman–Crippen LogP) is 4.87. The second-order valence-corrected chi connectivity index (χ2v) is 10.1. The Bertz CT molecular complexity index is 1430. The lowest BCUT2D eigenvalue weighted by Gasteiger charge is -2.49. The normalized spacial score (nSPS) is 22.0. The highest BCUT2D eigenvalue weighted by molar-refractivity contribution is 7.22. The minimum atomic E-state index is -4.55. The maximum Gasteiger partial charge on any atom is 0.406 e. The summed E-state index contributed by atoms with van der Waals surface area (Å²) in [6, 6.07) is 12.7. The van der Waals surface area contributed by atoms with Crippen LogP contribution in [-0.2, 0) is 12.1 Å². The second-order valence-electron chi connectivity index (χ2n) is 9.08. The lowest BCUT2D eigenvalue weighted by molar-refractivity contribution is -0.141. The van der Waals surface area contributed by atoms with Gasteiger partial charge in [0.15, 0.2) is 0 Å². The molecule has 0 unspecified atom stereocenters. The van der Waals surface area contributed by atoms with Crippen LogP contribution in [-0.4, -0.2) is 31.4 Å². The topological polar surface area (TPSA) is 94.0 Å². The van der Waals surface area contributed by atoms with E-state index in [1.54, 1.807) is 31.3 Å². The van der Waals surface area contributed by atoms with E-state index in [9.17, 15) is 23.1 Å². The zero-order chi connectivity index (χ0) is 24.3. The number of rotatable bonds is 4. The largest absolute Gasteiger partial charge is 0.406 e. The van der Waals surface area contributed by atoms with Gasteiger partial charge in [-0.2, -0.15) is 13.2 Å². The van der Waals surface area contributed by atoms with Crippen LogP contribution in [0.1, 0.15) is 25.3 Å². The van der Waals surface area contributed by atoms with Crippen LogP contribution in [0.5, 0.6) is 0 Å². The van der Waals surface area contributed by atoms with E-state index in [4.69, 9.17) is 5.73 Å². The van der Waals surface area contributed by atoms with Gasteiger partial charge in [0.05, 0.1) is 23.0 Å². The van der Waals surface area contributed by atoms with Crippen molar-refractivity contribution in [3.05, 3.63) is 70.9 Å². The summed E-state index contributed by atoms with van der Waals surface area (Å²) in [6.07, 6.45) is -1.15. The number of aliphatic hydroxyl groups is 1. The molecule has 0 aliphatic heterocycles. The highest BCUT2D eigenvalue weighted by Crippen LogP contribution is 2.47. The Labute approximate surface area is 208 Å². The standard InChI is InChI=1S/C24H21F3N4O2S.ClH/c1-22(33)10-23(28,11-22)15-7-5-14(6-8-15)19-17(16-4-2-3-9-29-16)18-20(34-19)30-13-31(21(18)32)12-24(25,26)27;/h2-9,13,33H,10-12,28H2,1H3;1H/t22-,23-;. The third-order valence-corrected chi connectivity index (χ3v) is 7.21. The summed E-state index contributed by atoms with van der Waals surface area (Å²) in [5.41, 5.74) is 6.86. The van der Waals surface area contributed by atoms with Crippen LogP contribution in [0.15, 0.2) is 59.8 Å². The van der Waals surface area contributed by atoms with E-state index in [1.165, 1.54) is 11.3 Å². The summed E-state index contributed by atoms with van der Waals surface area (Å²) in [6.45, 7) is 0.333. The number of halogens is 4. The van der Waals surface area contributed by atoms with Gasteiger partial charge in [-0.3, -0.25) is 14.3 Å². The molecule has 3 aromatic heterocycles. The van der Waals surface area contributed by atoms with Crippen molar-refractivity contribution >= 4 is 34.0 Å². The van der Waals surface area contributed by atoms with E-state index in [-0.39, 0.29) is 17.8 Å². The van der Waals surface area contributed by atoms with Crippen LogP contribution in [0, 0.1) is 0 Å². The molecular formula is C24H22ClF3N4O2S. The van der Waals surface area contributed by atoms with Crippen molar-refractivity contribution in [2.75, 3.05) is 0 Å². The Kier molecular flexibility index (Phi) is 6.29. The molecule has 1 fully saturated rings. The van der Waals surface area contributed by atoms with Crippen LogP contribution >= 0.6 is 23.7 Å². The number of fused-ring (bicyclic) bond motifs is 1. The van der Waals surface area contributed by atoms with E-state index < -0.39 is 29.4 Å². The van der Waals surface area contributed by atoms with E-state index in [1.807, 2.05) is 24.3 Å². The van der Waals surface area contributed by atoms with Crippen molar-refractivity contribution in [2.24, 2.45) is 5.73 Å². The van der Waals surface area contributed by atoms with Crippen LogP contribution in [0.25, 0.3) is 31.9 Å². The molecule has 184 valence electrons. The molecular weight excluding hydrogens is 501 g/mol. The van der Waals surface area contributed by atoms with E-state index >= 15 is 0 Å². The predicted molar refractivity (Wildman–Crippen MR) is 132 cm³/mol. The highest BCUT2D eigenvalue weighted by Gasteiger charge is 2.49. The van der Waals surface area contributed by atoms with Gasteiger partial charge in [-0.1, -0.05) is 30.3 Å². The number of alkyl halides is 3. The number of hydrogen-bond acceptors (Lipinski definition) is 6. The maximum atomic E-state index is 13.1. The van der Waals surface area contributed by atoms with Gasteiger partial charge in [-0.25, -0.2) is 4.98 Å². The summed E-state index contributed by atoms with van der Waals surface area (Å²) in [7, 11) is 0. The van der Waals surface area contributed by atoms with Crippen LogP contribution in [0.2, 0.25) is 0 Å². The molecule has 3 N–H and O–H groups in total. The number of nitrogens with zero attached hydrogens (tertiary/aromatic N) is 3. The Balaban J connectivity index is 0.00000289. The summed E-state index contributed by atoms with van der Waals surface area (Å²) in [5, 5.41) is 10.2. The Morgan fingerprint density at radius 2 is 1.83 bits per heavy atom. The van der Waals surface area contributed by atoms with Gasteiger partial charge in [-0.15, -0.1) is 23.7 Å². The average Bonchev–Trinajstić information content (AvgIpc) is 3.14. The monoisotopic (exact) mass is 522 g/mol. The van der Waals surface area contributed by atoms with E-state index in [0.29, 0.717) is 38.4 Å². The number of nitrogens with two attached hydrogens (primary N) is 1. The van der Waals surface area contributed by atoms with Crippen molar-refractivity contribution in [3.8, 4) is 21.7 Å². The first-order chi connectivity index (χ1) is 16.0. The van der Waals surface area contributed by atoms with Crippen molar-refractivity contribution in [3.63, 3.8) is 0 Å². The molecule has 1 aromatic carbocycles. The van der Waals surface area contributed by atoms with Crippen molar-refractivity contribution in [1.29, 1.82) is 0 Å². The molecule has 0 atom stereocenters. The summed E-state index contributed by atoms with van der Waals surface area (Å²) in [5.74, 6) is 0. The van der Waals surface area contributed by atoms with E-state index in [0.717, 1.165) is 17.5 Å². The van der Waals surface area contributed by atoms with Gasteiger partial charge >= 0.3 is 6.18 Å². The third-order valence-electron chi connectivity index (χ3n) is 6.06. The zero-order valence-corrected chi connectivity index (χ0v) is 20.2. The molecule has 4 aromatic rings. The summed E-state index contributed by atoms with van der Waals surface area (Å²) < 4.78 is 39.6. The molecule has 0 amide bonds. The molecule has 35 heavy (non-hydrogen) atoms. The fraction of sp³-hybridized carbons (Fsp3) is 0.292. The van der Waals surface area contributed by atoms with Crippen LogP contribution in [0.4, 0.5) is 13.2 Å². The Morgan fingerprint density at radius 1 is 1.14 bits per heavy atom. The van der Waals surface area contributed by atoms with E-state index in [2.05, 4.69) is 9.97 Å². The minimum absolute atomic E-state index is 0. The number of aromatic nitrogens is 3. The molecule has 1 saturated carbocycles. The molecule has 11 heteroatoms. The highest BCUT2D eigenvalue weighted by atomic mass is 35.5. The number of benzene rings is 1. The van der Waals surface area contributed by atoms with Gasteiger partial charge in [0.1, 0.15) is 11.4 Å². The van der Waals surface area contributed by atoms with Gasteiger partial charge in [0.25, 0.3) is 5.56 Å². The smallest absolute Gasteiger partial charge is 0.390 e. The number of hydrogen-bond donors (Lipinski definition) is 2. The lowest BCUT2D eigenvalue weighted by atomic mass is 9.63. The van der Waals surface area contributed by atoms with Crippen LogP contribution < -0.4 is 11.3 Å². The van der Waals surface area contributed by atoms with Gasteiger partial charge in [0, 0.05) is 22.2 Å². The molecule has 5 rings (SSSR count). The second kappa shape index (κ2) is 8.70. The molecule has 1 aliphatic carbocycles. The van der Waals surface area contributed by atoms with Gasteiger partial charge < -0.3 is 10.8 Å². The summed E-state index contributed by atoms with van der Waals surface area (Å²) >= 11 is 1.23. The first-order valence-electron chi connectivity index (χ1n) is 10.6. The average molecular weight is 523 g/mol. The Morgan fingerprint density at radius 3 is 2.40 bits per heavy atom. The molecule has 0 bridgehead atoms. The van der Waals surface area contributed by atoms with Gasteiger partial charge in [-0.05, 0) is 43.0 Å². The molecule has 1 aliphatic rings. The first kappa shape index (κ1) is 25.3. The lowest BCUT2D eigenvalue weighted by Crippen LogP contribution is -2.58. The summed E-state index contributed by atoms with van der Waals surface area (Å²) in [4.78, 5) is 22.6. The number of thiophene rings is 1. The molecule has 0 saturated heterocycles. The quantitative estimate of drug-likeness (QED) is 0.399. The minimum Gasteiger partial charge on any atom is -0.390 e. The SMILES string of the molecule is C[C@]1(O)C[C@@](N)(c2ccc(-c3sc4ncn(CC(F)(F)F)c(=O)c4c3-c3ccccn3)cc2)C1.Cl. The molecule has 0 radical (unpaired) electrons. The first-order valence-corrected chi connectivity index (χ1v) is 11.4. The Hall–Kier alpha value is -2.79.